The zero-order chi connectivity index (χ0) is 18.1. The van der Waals surface area contributed by atoms with Crippen molar-refractivity contribution >= 4 is 11.7 Å². The van der Waals surface area contributed by atoms with E-state index in [1.54, 1.807) is 5.94 Å². The van der Waals surface area contributed by atoms with E-state index in [4.69, 9.17) is 4.74 Å². The minimum Gasteiger partial charge on any atom is -1.00 e. The SMILES string of the molecule is C[N+](C)(CCOCC=C=O)Cc1ccc(C(=O)c2ccccc2)cc1.[Cl-]. The number of ketones is 1. The molecule has 0 radical (unpaired) electrons. The van der Waals surface area contributed by atoms with E-state index in [2.05, 4.69) is 14.1 Å². The molecule has 0 unspecified atom stereocenters. The summed E-state index contributed by atoms with van der Waals surface area (Å²) in [4.78, 5) is 22.5. The topological polar surface area (TPSA) is 43.4 Å². The summed E-state index contributed by atoms with van der Waals surface area (Å²) < 4.78 is 6.13. The van der Waals surface area contributed by atoms with Crippen LogP contribution in [0.2, 0.25) is 0 Å². The summed E-state index contributed by atoms with van der Waals surface area (Å²) >= 11 is 0. The van der Waals surface area contributed by atoms with Crippen LogP contribution in [-0.2, 0) is 16.1 Å². The van der Waals surface area contributed by atoms with Crippen LogP contribution in [0.3, 0.4) is 0 Å². The third-order valence-corrected chi connectivity index (χ3v) is 3.99. The van der Waals surface area contributed by atoms with Gasteiger partial charge in [0, 0.05) is 22.8 Å². The van der Waals surface area contributed by atoms with E-state index >= 15 is 0 Å². The average molecular weight is 374 g/mol. The summed E-state index contributed by atoms with van der Waals surface area (Å²) in [5, 5.41) is 0. The molecule has 0 spiro atoms. The maximum atomic E-state index is 12.4. The van der Waals surface area contributed by atoms with Gasteiger partial charge in [-0.05, 0) is 0 Å². The van der Waals surface area contributed by atoms with E-state index in [0.717, 1.165) is 17.6 Å². The second kappa shape index (κ2) is 10.7. The fourth-order valence-corrected chi connectivity index (χ4v) is 2.58. The number of hydrogen-bond acceptors (Lipinski definition) is 3. The molecule has 5 heteroatoms. The molecule has 0 aromatic heterocycles. The number of ether oxygens (including phenoxy) is 1. The molecular formula is C21H24ClNO3. The molecule has 0 atom stereocenters. The number of quaternary nitrogens is 1. The van der Waals surface area contributed by atoms with Crippen molar-refractivity contribution in [3.8, 4) is 0 Å². The van der Waals surface area contributed by atoms with Gasteiger partial charge >= 0.3 is 0 Å². The number of rotatable bonds is 9. The molecule has 0 N–H and O–H groups in total. The fourth-order valence-electron chi connectivity index (χ4n) is 2.58. The van der Waals surface area contributed by atoms with Crippen LogP contribution >= 0.6 is 0 Å². The van der Waals surface area contributed by atoms with Gasteiger partial charge < -0.3 is 21.6 Å². The van der Waals surface area contributed by atoms with Crippen molar-refractivity contribution in [2.24, 2.45) is 0 Å². The highest BCUT2D eigenvalue weighted by atomic mass is 35.5. The Morgan fingerprint density at radius 2 is 1.65 bits per heavy atom. The summed E-state index contributed by atoms with van der Waals surface area (Å²) in [7, 11) is 4.25. The minimum atomic E-state index is 0. The highest BCUT2D eigenvalue weighted by molar-refractivity contribution is 6.08. The summed E-state index contributed by atoms with van der Waals surface area (Å²) in [6, 6.07) is 17.1. The van der Waals surface area contributed by atoms with Gasteiger partial charge in [-0.25, -0.2) is 4.79 Å². The second-order valence-electron chi connectivity index (χ2n) is 6.61. The van der Waals surface area contributed by atoms with Gasteiger partial charge in [-0.2, -0.15) is 0 Å². The molecule has 26 heavy (non-hydrogen) atoms. The van der Waals surface area contributed by atoms with Gasteiger partial charge in [0.1, 0.15) is 19.0 Å². The lowest BCUT2D eigenvalue weighted by Crippen LogP contribution is -3.00. The number of benzene rings is 2. The first-order chi connectivity index (χ1) is 12.0. The van der Waals surface area contributed by atoms with Crippen molar-refractivity contribution in [2.45, 2.75) is 6.54 Å². The van der Waals surface area contributed by atoms with Gasteiger partial charge in [0.15, 0.2) is 5.78 Å². The number of halogens is 1. The van der Waals surface area contributed by atoms with Gasteiger partial charge in [0.05, 0.1) is 27.3 Å². The molecule has 0 saturated carbocycles. The van der Waals surface area contributed by atoms with Crippen molar-refractivity contribution in [3.63, 3.8) is 0 Å². The van der Waals surface area contributed by atoms with E-state index in [9.17, 15) is 9.59 Å². The van der Waals surface area contributed by atoms with Crippen LogP contribution in [0.1, 0.15) is 21.5 Å². The van der Waals surface area contributed by atoms with E-state index < -0.39 is 0 Å². The molecule has 2 aromatic carbocycles. The Morgan fingerprint density at radius 3 is 2.27 bits per heavy atom. The molecule has 138 valence electrons. The third-order valence-electron chi connectivity index (χ3n) is 3.99. The summed E-state index contributed by atoms with van der Waals surface area (Å²) in [6.07, 6.45) is 1.34. The Bertz CT molecular complexity index is 736. The monoisotopic (exact) mass is 373 g/mol. The summed E-state index contributed by atoms with van der Waals surface area (Å²) in [6.45, 7) is 2.56. The number of hydrogen-bond donors (Lipinski definition) is 0. The first kappa shape index (κ1) is 21.8. The van der Waals surface area contributed by atoms with E-state index in [1.807, 2.05) is 54.6 Å². The van der Waals surface area contributed by atoms with Gasteiger partial charge in [0.25, 0.3) is 0 Å². The van der Waals surface area contributed by atoms with Crippen LogP contribution in [-0.4, -0.2) is 50.1 Å². The molecule has 0 saturated heterocycles. The van der Waals surface area contributed by atoms with Crippen molar-refractivity contribution in [1.82, 2.24) is 0 Å². The molecule has 0 heterocycles. The van der Waals surface area contributed by atoms with Gasteiger partial charge in [-0.1, -0.05) is 54.6 Å². The zero-order valence-electron chi connectivity index (χ0n) is 15.2. The number of carbonyl (C=O) groups excluding carboxylic acids is 2. The van der Waals surface area contributed by atoms with Gasteiger partial charge in [-0.15, -0.1) is 0 Å². The molecule has 0 bridgehead atoms. The number of carbonyl (C=O) groups is 1. The largest absolute Gasteiger partial charge is 1.00 e. The van der Waals surface area contributed by atoms with Crippen LogP contribution in [0.5, 0.6) is 0 Å². The molecule has 2 aromatic rings. The molecule has 4 nitrogen and oxygen atoms in total. The molecular weight excluding hydrogens is 350 g/mol. The zero-order valence-corrected chi connectivity index (χ0v) is 15.9. The van der Waals surface area contributed by atoms with Crippen molar-refractivity contribution < 1.29 is 31.2 Å². The quantitative estimate of drug-likeness (QED) is 0.267. The van der Waals surface area contributed by atoms with Crippen LogP contribution in [0.25, 0.3) is 0 Å². The highest BCUT2D eigenvalue weighted by Crippen LogP contribution is 2.14. The van der Waals surface area contributed by atoms with Crippen molar-refractivity contribution in [2.75, 3.05) is 33.9 Å². The van der Waals surface area contributed by atoms with Gasteiger partial charge in [-0.3, -0.25) is 4.79 Å². The average Bonchev–Trinajstić information content (AvgIpc) is 2.62. The fraction of sp³-hybridized carbons (Fsp3) is 0.286. The van der Waals surface area contributed by atoms with Crippen molar-refractivity contribution in [1.29, 1.82) is 0 Å². The lowest BCUT2D eigenvalue weighted by molar-refractivity contribution is -0.904. The Kier molecular flexibility index (Phi) is 8.97. The van der Waals surface area contributed by atoms with E-state index in [0.29, 0.717) is 24.3 Å². The Labute approximate surface area is 161 Å². The maximum Gasteiger partial charge on any atom is 0.193 e. The standard InChI is InChI=1S/C21H24NO3.ClH/c1-22(2,13-16-25-15-6-14-23)17-18-9-11-20(12-10-18)21(24)19-7-4-3-5-8-19;/h3-12H,13,15-17H2,1-2H3;1H/q+1;/p-1. The predicted molar refractivity (Wildman–Crippen MR) is 98.1 cm³/mol. The van der Waals surface area contributed by atoms with Crippen LogP contribution in [0.15, 0.2) is 60.7 Å². The Hall–Kier alpha value is -2.23. The molecule has 0 fully saturated rings. The lowest BCUT2D eigenvalue weighted by atomic mass is 10.0. The summed E-state index contributed by atoms with van der Waals surface area (Å²) in [5.41, 5.74) is 2.57. The van der Waals surface area contributed by atoms with Crippen LogP contribution in [0.4, 0.5) is 0 Å². The number of nitrogens with zero attached hydrogens (tertiary/aromatic N) is 1. The molecule has 0 aliphatic rings. The van der Waals surface area contributed by atoms with Crippen LogP contribution < -0.4 is 12.4 Å². The molecule has 0 aliphatic carbocycles. The normalized spacial score (nSPS) is 10.5. The molecule has 0 amide bonds. The smallest absolute Gasteiger partial charge is 0.193 e. The van der Waals surface area contributed by atoms with Gasteiger partial charge in [0.2, 0.25) is 0 Å². The number of likely N-dealkylation sites (N-methyl/N-ethyl adjacent to an activating group) is 1. The first-order valence-electron chi connectivity index (χ1n) is 8.30. The summed E-state index contributed by atoms with van der Waals surface area (Å²) in [5.74, 6) is 1.74. The predicted octanol–water partition coefficient (Wildman–Crippen LogP) is -0.0976. The Morgan fingerprint density at radius 1 is 1.04 bits per heavy atom. The Balaban J connectivity index is 0.00000338. The molecule has 2 rings (SSSR count). The highest BCUT2D eigenvalue weighted by Gasteiger charge is 2.16. The van der Waals surface area contributed by atoms with Crippen LogP contribution in [0, 0.1) is 0 Å². The second-order valence-corrected chi connectivity index (χ2v) is 6.61. The lowest BCUT2D eigenvalue weighted by Gasteiger charge is -2.29. The van der Waals surface area contributed by atoms with Crippen molar-refractivity contribution in [3.05, 3.63) is 77.4 Å². The molecule has 0 aliphatic heterocycles. The van der Waals surface area contributed by atoms with E-state index in [1.165, 1.54) is 11.6 Å². The maximum absolute atomic E-state index is 12.4. The van der Waals surface area contributed by atoms with E-state index in [-0.39, 0.29) is 18.2 Å². The first-order valence-corrected chi connectivity index (χ1v) is 8.30. The minimum absolute atomic E-state index is 0. The third kappa shape index (κ3) is 6.95.